The lowest BCUT2D eigenvalue weighted by atomic mass is 9.91. The van der Waals surface area contributed by atoms with E-state index in [1.165, 1.54) is 0 Å². The summed E-state index contributed by atoms with van der Waals surface area (Å²) in [6.07, 6.45) is 2.17. The van der Waals surface area contributed by atoms with Crippen molar-refractivity contribution in [2.45, 2.75) is 25.8 Å². The van der Waals surface area contributed by atoms with E-state index in [4.69, 9.17) is 11.0 Å². The molecular formula is C9H17N3. The molecule has 1 aliphatic rings. The van der Waals surface area contributed by atoms with Crippen LogP contribution in [0.5, 0.6) is 0 Å². The number of hydrogen-bond donors (Lipinski definition) is 1. The second-order valence-corrected chi connectivity index (χ2v) is 3.51. The van der Waals surface area contributed by atoms with Crippen LogP contribution in [-0.4, -0.2) is 30.6 Å². The van der Waals surface area contributed by atoms with Gasteiger partial charge in [0.1, 0.15) is 0 Å². The van der Waals surface area contributed by atoms with Crippen LogP contribution in [0.25, 0.3) is 0 Å². The molecule has 3 heteroatoms. The molecule has 12 heavy (non-hydrogen) atoms. The minimum Gasteiger partial charge on any atom is -0.327 e. The van der Waals surface area contributed by atoms with E-state index in [9.17, 15) is 0 Å². The fourth-order valence-electron chi connectivity index (χ4n) is 1.80. The van der Waals surface area contributed by atoms with Crippen LogP contribution in [0.15, 0.2) is 0 Å². The Bertz CT molecular complexity index is 173. The van der Waals surface area contributed by atoms with Crippen LogP contribution < -0.4 is 5.73 Å². The first-order chi connectivity index (χ1) is 5.77. The zero-order chi connectivity index (χ0) is 8.97. The van der Waals surface area contributed by atoms with Gasteiger partial charge in [-0.3, -0.25) is 4.90 Å². The summed E-state index contributed by atoms with van der Waals surface area (Å²) in [6.45, 7) is 4.72. The highest BCUT2D eigenvalue weighted by atomic mass is 15.1. The highest BCUT2D eigenvalue weighted by Crippen LogP contribution is 2.17. The molecule has 0 radical (unpaired) electrons. The number of nitrogens with zero attached hydrogens (tertiary/aromatic N) is 2. The predicted molar refractivity (Wildman–Crippen MR) is 48.4 cm³/mol. The maximum absolute atomic E-state index is 8.52. The molecule has 1 fully saturated rings. The zero-order valence-electron chi connectivity index (χ0n) is 7.66. The van der Waals surface area contributed by atoms with E-state index in [1.54, 1.807) is 0 Å². The van der Waals surface area contributed by atoms with Crippen molar-refractivity contribution in [1.82, 2.24) is 4.90 Å². The first-order valence-electron chi connectivity index (χ1n) is 4.62. The summed E-state index contributed by atoms with van der Waals surface area (Å²) in [7, 11) is 0. The second kappa shape index (κ2) is 4.44. The largest absolute Gasteiger partial charge is 0.327 e. The Morgan fingerprint density at radius 1 is 1.67 bits per heavy atom. The molecule has 68 valence electrons. The number of nitrogens with two attached hydrogens (primary N) is 1. The molecule has 3 nitrogen and oxygen atoms in total. The normalized spacial score (nSPS) is 31.4. The lowest BCUT2D eigenvalue weighted by Gasteiger charge is -2.35. The average Bonchev–Trinajstić information content (AvgIpc) is 2.09. The lowest BCUT2D eigenvalue weighted by molar-refractivity contribution is 0.167. The minimum atomic E-state index is 0.352. The number of piperidine rings is 1. The summed E-state index contributed by atoms with van der Waals surface area (Å²) in [5.41, 5.74) is 5.94. The van der Waals surface area contributed by atoms with Crippen molar-refractivity contribution in [2.75, 3.05) is 19.6 Å². The third kappa shape index (κ3) is 2.20. The summed E-state index contributed by atoms with van der Waals surface area (Å²) < 4.78 is 0. The molecule has 0 aromatic carbocycles. The van der Waals surface area contributed by atoms with Gasteiger partial charge in [0.05, 0.1) is 12.6 Å². The van der Waals surface area contributed by atoms with Crippen LogP contribution in [0.2, 0.25) is 0 Å². The summed E-state index contributed by atoms with van der Waals surface area (Å²) in [5, 5.41) is 8.52. The number of nitriles is 1. The zero-order valence-corrected chi connectivity index (χ0v) is 7.66. The van der Waals surface area contributed by atoms with Crippen molar-refractivity contribution in [1.29, 1.82) is 5.26 Å². The topological polar surface area (TPSA) is 53.0 Å². The van der Waals surface area contributed by atoms with Gasteiger partial charge in [-0.1, -0.05) is 13.3 Å². The van der Waals surface area contributed by atoms with E-state index >= 15 is 0 Å². The molecule has 1 rings (SSSR count). The van der Waals surface area contributed by atoms with E-state index in [2.05, 4.69) is 17.9 Å². The standard InChI is InChI=1S/C9H17N3/c1-2-8-7-12(6-4-10)5-3-9(8)11/h8-9H,2-3,5-7,11H2,1H3. The molecule has 2 N–H and O–H groups in total. The average molecular weight is 167 g/mol. The van der Waals surface area contributed by atoms with Crippen molar-refractivity contribution in [3.63, 3.8) is 0 Å². The quantitative estimate of drug-likeness (QED) is 0.612. The maximum Gasteiger partial charge on any atom is 0.0866 e. The Labute approximate surface area is 74.1 Å². The van der Waals surface area contributed by atoms with Crippen molar-refractivity contribution in [3.05, 3.63) is 0 Å². The number of likely N-dealkylation sites (tertiary alicyclic amines) is 1. The lowest BCUT2D eigenvalue weighted by Crippen LogP contribution is -2.46. The SMILES string of the molecule is CCC1CN(CC#N)CCC1N. The molecule has 1 heterocycles. The molecule has 0 spiro atoms. The van der Waals surface area contributed by atoms with Crippen LogP contribution >= 0.6 is 0 Å². The van der Waals surface area contributed by atoms with Gasteiger partial charge in [0.2, 0.25) is 0 Å². The van der Waals surface area contributed by atoms with E-state index in [0.29, 0.717) is 18.5 Å². The van der Waals surface area contributed by atoms with Crippen LogP contribution in [0, 0.1) is 17.2 Å². The molecule has 0 saturated carbocycles. The van der Waals surface area contributed by atoms with Gasteiger partial charge in [0.25, 0.3) is 0 Å². The third-order valence-corrected chi connectivity index (χ3v) is 2.70. The number of rotatable bonds is 2. The van der Waals surface area contributed by atoms with Gasteiger partial charge in [0, 0.05) is 19.1 Å². The van der Waals surface area contributed by atoms with Crippen molar-refractivity contribution >= 4 is 0 Å². The minimum absolute atomic E-state index is 0.352. The van der Waals surface area contributed by atoms with Crippen LogP contribution in [0.3, 0.4) is 0 Å². The van der Waals surface area contributed by atoms with E-state index in [1.807, 2.05) is 0 Å². The fraction of sp³-hybridized carbons (Fsp3) is 0.889. The molecule has 1 saturated heterocycles. The summed E-state index contributed by atoms with van der Waals surface area (Å²) >= 11 is 0. The van der Waals surface area contributed by atoms with Crippen LogP contribution in [-0.2, 0) is 0 Å². The molecule has 2 atom stereocenters. The summed E-state index contributed by atoms with van der Waals surface area (Å²) in [5.74, 6) is 0.590. The molecule has 2 unspecified atom stereocenters. The second-order valence-electron chi connectivity index (χ2n) is 3.51. The molecule has 0 bridgehead atoms. The molecule has 0 aromatic heterocycles. The fourth-order valence-corrected chi connectivity index (χ4v) is 1.80. The van der Waals surface area contributed by atoms with E-state index in [0.717, 1.165) is 25.9 Å². The molecular weight excluding hydrogens is 150 g/mol. The summed E-state index contributed by atoms with van der Waals surface area (Å²) in [4.78, 5) is 2.19. The van der Waals surface area contributed by atoms with Crippen LogP contribution in [0.4, 0.5) is 0 Å². The monoisotopic (exact) mass is 167 g/mol. The van der Waals surface area contributed by atoms with Gasteiger partial charge in [0.15, 0.2) is 0 Å². The van der Waals surface area contributed by atoms with Crippen molar-refractivity contribution in [3.8, 4) is 6.07 Å². The molecule has 0 aromatic rings. The Balaban J connectivity index is 2.39. The Kier molecular flexibility index (Phi) is 3.51. The van der Waals surface area contributed by atoms with E-state index < -0.39 is 0 Å². The van der Waals surface area contributed by atoms with Crippen molar-refractivity contribution in [2.24, 2.45) is 11.7 Å². The maximum atomic E-state index is 8.52. The van der Waals surface area contributed by atoms with Gasteiger partial charge in [-0.2, -0.15) is 5.26 Å². The first kappa shape index (κ1) is 9.50. The Morgan fingerprint density at radius 2 is 2.42 bits per heavy atom. The molecule has 0 aliphatic carbocycles. The van der Waals surface area contributed by atoms with Crippen LogP contribution in [0.1, 0.15) is 19.8 Å². The van der Waals surface area contributed by atoms with Gasteiger partial charge >= 0.3 is 0 Å². The van der Waals surface area contributed by atoms with Gasteiger partial charge in [-0.15, -0.1) is 0 Å². The van der Waals surface area contributed by atoms with Crippen molar-refractivity contribution < 1.29 is 0 Å². The smallest absolute Gasteiger partial charge is 0.0866 e. The summed E-state index contributed by atoms with van der Waals surface area (Å²) in [6, 6.07) is 2.53. The predicted octanol–water partition coefficient (Wildman–Crippen LogP) is 0.569. The Hall–Kier alpha value is -0.590. The van der Waals surface area contributed by atoms with Gasteiger partial charge < -0.3 is 5.73 Å². The highest BCUT2D eigenvalue weighted by molar-refractivity contribution is 4.86. The highest BCUT2D eigenvalue weighted by Gasteiger charge is 2.24. The van der Waals surface area contributed by atoms with Gasteiger partial charge in [-0.25, -0.2) is 0 Å². The first-order valence-corrected chi connectivity index (χ1v) is 4.62. The Morgan fingerprint density at radius 3 is 3.00 bits per heavy atom. The molecule has 0 amide bonds. The van der Waals surface area contributed by atoms with Gasteiger partial charge in [-0.05, 0) is 12.3 Å². The van der Waals surface area contributed by atoms with E-state index in [-0.39, 0.29) is 0 Å². The molecule has 1 aliphatic heterocycles. The third-order valence-electron chi connectivity index (χ3n) is 2.70. The number of hydrogen-bond acceptors (Lipinski definition) is 3.